The van der Waals surface area contributed by atoms with Crippen LogP contribution in [0.5, 0.6) is 0 Å². The van der Waals surface area contributed by atoms with E-state index in [0.717, 1.165) is 5.56 Å². The van der Waals surface area contributed by atoms with E-state index in [0.29, 0.717) is 12.0 Å². The fraction of sp³-hybridized carbons (Fsp3) is 0.238. The van der Waals surface area contributed by atoms with Crippen LogP contribution >= 0.6 is 0 Å². The molecular weight excluding hydrogens is 346 g/mol. The van der Waals surface area contributed by atoms with E-state index in [9.17, 15) is 19.7 Å². The van der Waals surface area contributed by atoms with Crippen LogP contribution in [0.15, 0.2) is 60.2 Å². The van der Waals surface area contributed by atoms with Crippen LogP contribution in [0.2, 0.25) is 0 Å². The molecule has 2 atom stereocenters. The molecule has 0 spiro atoms. The number of rotatable bonds is 7. The summed E-state index contributed by atoms with van der Waals surface area (Å²) in [4.78, 5) is 35.7. The summed E-state index contributed by atoms with van der Waals surface area (Å²) in [6.45, 7) is 1.81. The van der Waals surface area contributed by atoms with Gasteiger partial charge >= 0.3 is 5.97 Å². The minimum Gasteiger partial charge on any atom is -0.462 e. The second kappa shape index (κ2) is 7.95. The number of nitrogens with zero attached hydrogens (tertiary/aromatic N) is 1. The van der Waals surface area contributed by atoms with E-state index < -0.39 is 10.9 Å². The van der Waals surface area contributed by atoms with Gasteiger partial charge in [-0.3, -0.25) is 14.9 Å². The molecule has 0 amide bonds. The predicted octanol–water partition coefficient (Wildman–Crippen LogP) is 3.91. The molecule has 0 saturated heterocycles. The maximum Gasteiger partial charge on any atom is 0.341 e. The Morgan fingerprint density at radius 1 is 1.19 bits per heavy atom. The van der Waals surface area contributed by atoms with E-state index >= 15 is 0 Å². The fourth-order valence-electron chi connectivity index (χ4n) is 3.09. The first-order valence-electron chi connectivity index (χ1n) is 8.73. The van der Waals surface area contributed by atoms with Gasteiger partial charge in [0.25, 0.3) is 5.69 Å². The van der Waals surface area contributed by atoms with Crippen LogP contribution in [0, 0.1) is 16.0 Å². The number of nitro groups is 1. The molecule has 0 heterocycles. The number of non-ortho nitro benzene ring substituents is 1. The van der Waals surface area contributed by atoms with Crippen LogP contribution < -0.4 is 0 Å². The van der Waals surface area contributed by atoms with Crippen LogP contribution in [0.3, 0.4) is 0 Å². The van der Waals surface area contributed by atoms with Crippen LogP contribution in [-0.4, -0.2) is 23.3 Å². The minimum absolute atomic E-state index is 0.0687. The van der Waals surface area contributed by atoms with Gasteiger partial charge in [0, 0.05) is 18.1 Å². The van der Waals surface area contributed by atoms with Crippen molar-refractivity contribution >= 4 is 23.5 Å². The highest BCUT2D eigenvalue weighted by Gasteiger charge is 2.46. The molecule has 0 aromatic heterocycles. The Kier molecular flexibility index (Phi) is 5.45. The molecule has 0 radical (unpaired) electrons. The lowest BCUT2D eigenvalue weighted by Gasteiger charge is -2.07. The highest BCUT2D eigenvalue weighted by atomic mass is 16.6. The number of carbonyl (C=O) groups excluding carboxylic acids is 2. The van der Waals surface area contributed by atoms with Crippen LogP contribution in [0.4, 0.5) is 5.69 Å². The molecule has 1 aliphatic carbocycles. The van der Waals surface area contributed by atoms with Crippen molar-refractivity contribution in [1.82, 2.24) is 0 Å². The number of ketones is 1. The van der Waals surface area contributed by atoms with Gasteiger partial charge in [-0.1, -0.05) is 42.5 Å². The Hall–Kier alpha value is -3.28. The number of esters is 1. The van der Waals surface area contributed by atoms with Crippen molar-refractivity contribution in [3.8, 4) is 0 Å². The minimum atomic E-state index is -0.701. The molecule has 1 saturated carbocycles. The Labute approximate surface area is 156 Å². The maximum atomic E-state index is 12.9. The Morgan fingerprint density at radius 3 is 2.59 bits per heavy atom. The number of carbonyl (C=O) groups is 2. The molecule has 2 aromatic carbocycles. The second-order valence-corrected chi connectivity index (χ2v) is 6.35. The van der Waals surface area contributed by atoms with Gasteiger partial charge in [-0.25, -0.2) is 4.79 Å². The van der Waals surface area contributed by atoms with Crippen molar-refractivity contribution in [3.63, 3.8) is 0 Å². The van der Waals surface area contributed by atoms with Crippen molar-refractivity contribution in [2.75, 3.05) is 6.61 Å². The molecule has 0 N–H and O–H groups in total. The van der Waals surface area contributed by atoms with Crippen molar-refractivity contribution in [2.45, 2.75) is 19.3 Å². The average molecular weight is 365 g/mol. The van der Waals surface area contributed by atoms with Crippen molar-refractivity contribution < 1.29 is 19.2 Å². The van der Waals surface area contributed by atoms with E-state index in [1.807, 2.05) is 30.3 Å². The third kappa shape index (κ3) is 4.28. The zero-order valence-electron chi connectivity index (χ0n) is 14.8. The first-order valence-corrected chi connectivity index (χ1v) is 8.73. The van der Waals surface area contributed by atoms with Crippen LogP contribution in [0.1, 0.15) is 30.4 Å². The third-order valence-corrected chi connectivity index (χ3v) is 4.51. The van der Waals surface area contributed by atoms with Crippen molar-refractivity contribution in [3.05, 3.63) is 81.4 Å². The molecule has 2 unspecified atom stereocenters. The largest absolute Gasteiger partial charge is 0.462 e. The number of benzene rings is 2. The summed E-state index contributed by atoms with van der Waals surface area (Å²) in [5.74, 6) is -1.18. The van der Waals surface area contributed by atoms with Gasteiger partial charge < -0.3 is 4.74 Å². The summed E-state index contributed by atoms with van der Waals surface area (Å²) in [6.07, 6.45) is 2.06. The molecule has 1 fully saturated rings. The lowest BCUT2D eigenvalue weighted by molar-refractivity contribution is -0.384. The summed E-state index contributed by atoms with van der Waals surface area (Å²) in [6, 6.07) is 15.5. The van der Waals surface area contributed by atoms with Gasteiger partial charge in [-0.05, 0) is 36.5 Å². The predicted molar refractivity (Wildman–Crippen MR) is 100 cm³/mol. The van der Waals surface area contributed by atoms with Crippen LogP contribution in [-0.2, 0) is 14.3 Å². The number of hydrogen-bond donors (Lipinski definition) is 0. The summed E-state index contributed by atoms with van der Waals surface area (Å²) in [5, 5.41) is 11.0. The zero-order chi connectivity index (χ0) is 19.4. The van der Waals surface area contributed by atoms with Crippen LogP contribution in [0.25, 0.3) is 6.08 Å². The quantitative estimate of drug-likeness (QED) is 0.185. The summed E-state index contributed by atoms with van der Waals surface area (Å²) >= 11 is 0. The van der Waals surface area contributed by atoms with E-state index in [1.54, 1.807) is 13.0 Å². The Bertz CT molecular complexity index is 904. The molecule has 0 bridgehead atoms. The standard InChI is InChI=1S/C21H19NO5/c1-2-27-21(24)19(12-14-7-6-10-16(11-14)22(25)26)20(23)18-13-17(18)15-8-4-3-5-9-15/h3-12,17-18H,2,13H2,1H3. The highest BCUT2D eigenvalue weighted by molar-refractivity contribution is 6.22. The Balaban J connectivity index is 1.88. The first kappa shape index (κ1) is 18.5. The van der Waals surface area contributed by atoms with Gasteiger partial charge in [0.1, 0.15) is 5.57 Å². The molecular formula is C21H19NO5. The number of hydrogen-bond acceptors (Lipinski definition) is 5. The smallest absolute Gasteiger partial charge is 0.341 e. The van der Waals surface area contributed by atoms with E-state index in [-0.39, 0.29) is 35.5 Å². The highest BCUT2D eigenvalue weighted by Crippen LogP contribution is 2.49. The van der Waals surface area contributed by atoms with Crippen molar-refractivity contribution in [2.24, 2.45) is 5.92 Å². The topological polar surface area (TPSA) is 86.5 Å². The van der Waals surface area contributed by atoms with Gasteiger partial charge in [0.15, 0.2) is 5.78 Å². The van der Waals surface area contributed by atoms with Gasteiger partial charge in [0.2, 0.25) is 0 Å². The molecule has 2 aromatic rings. The molecule has 1 aliphatic rings. The number of nitro benzene ring substituents is 1. The average Bonchev–Trinajstić information content (AvgIpc) is 3.47. The third-order valence-electron chi connectivity index (χ3n) is 4.51. The molecule has 0 aliphatic heterocycles. The lowest BCUT2D eigenvalue weighted by Crippen LogP contribution is -2.18. The normalized spacial score (nSPS) is 18.6. The van der Waals surface area contributed by atoms with Gasteiger partial charge in [0.05, 0.1) is 11.5 Å². The SMILES string of the molecule is CCOC(=O)C(=Cc1cccc([N+](=O)[O-])c1)C(=O)C1CC1c1ccccc1. The maximum absolute atomic E-state index is 12.9. The molecule has 6 heteroatoms. The van der Waals surface area contributed by atoms with Gasteiger partial charge in [-0.2, -0.15) is 0 Å². The summed E-state index contributed by atoms with van der Waals surface area (Å²) < 4.78 is 5.03. The summed E-state index contributed by atoms with van der Waals surface area (Å²) in [5.41, 5.74) is 1.31. The van der Waals surface area contributed by atoms with Crippen molar-refractivity contribution in [1.29, 1.82) is 0 Å². The molecule has 3 rings (SSSR count). The molecule has 6 nitrogen and oxygen atoms in total. The number of Topliss-reactive ketones (excluding diaryl/α,β-unsaturated/α-hetero) is 1. The Morgan fingerprint density at radius 2 is 1.93 bits per heavy atom. The zero-order valence-corrected chi connectivity index (χ0v) is 14.8. The fourth-order valence-corrected chi connectivity index (χ4v) is 3.09. The number of ether oxygens (including phenoxy) is 1. The second-order valence-electron chi connectivity index (χ2n) is 6.35. The van der Waals surface area contributed by atoms with Gasteiger partial charge in [-0.15, -0.1) is 0 Å². The van der Waals surface area contributed by atoms with E-state index in [4.69, 9.17) is 4.74 Å². The molecule has 138 valence electrons. The van der Waals surface area contributed by atoms with E-state index in [1.165, 1.54) is 24.3 Å². The lowest BCUT2D eigenvalue weighted by atomic mass is 10.0. The van der Waals surface area contributed by atoms with E-state index in [2.05, 4.69) is 0 Å². The molecule has 27 heavy (non-hydrogen) atoms. The monoisotopic (exact) mass is 365 g/mol. The summed E-state index contributed by atoms with van der Waals surface area (Å²) in [7, 11) is 0. The first-order chi connectivity index (χ1) is 13.0.